The Balaban J connectivity index is 2.10. The van der Waals surface area contributed by atoms with Crippen molar-refractivity contribution in [3.8, 4) is 0 Å². The molecular weight excluding hydrogens is 294 g/mol. The summed E-state index contributed by atoms with van der Waals surface area (Å²) in [6.45, 7) is 2.23. The SMILES string of the molecule is CNc1ncc(Br)cc1C(=O)NC1CCC(C)C1. The van der Waals surface area contributed by atoms with Gasteiger partial charge >= 0.3 is 0 Å². The van der Waals surface area contributed by atoms with E-state index in [1.54, 1.807) is 19.3 Å². The Morgan fingerprint density at radius 3 is 2.89 bits per heavy atom. The highest BCUT2D eigenvalue weighted by Gasteiger charge is 2.24. The first kappa shape index (κ1) is 13.3. The summed E-state index contributed by atoms with van der Waals surface area (Å²) in [6.07, 6.45) is 5.02. The maximum Gasteiger partial charge on any atom is 0.255 e. The third kappa shape index (κ3) is 3.02. The third-order valence-corrected chi connectivity index (χ3v) is 3.80. The molecule has 2 N–H and O–H groups in total. The van der Waals surface area contributed by atoms with Crippen molar-refractivity contribution in [2.24, 2.45) is 5.92 Å². The van der Waals surface area contributed by atoms with Crippen LogP contribution in [0.25, 0.3) is 0 Å². The van der Waals surface area contributed by atoms with Crippen molar-refractivity contribution in [3.05, 3.63) is 22.3 Å². The molecule has 1 amide bonds. The molecule has 2 unspecified atom stereocenters. The predicted molar refractivity (Wildman–Crippen MR) is 75.8 cm³/mol. The number of hydrogen-bond donors (Lipinski definition) is 2. The van der Waals surface area contributed by atoms with Crippen LogP contribution in [0.15, 0.2) is 16.7 Å². The van der Waals surface area contributed by atoms with Crippen LogP contribution in [0.1, 0.15) is 36.5 Å². The fourth-order valence-electron chi connectivity index (χ4n) is 2.41. The summed E-state index contributed by atoms with van der Waals surface area (Å²) < 4.78 is 0.812. The molecule has 0 aromatic carbocycles. The summed E-state index contributed by atoms with van der Waals surface area (Å²) >= 11 is 3.35. The normalized spacial score (nSPS) is 22.8. The number of rotatable bonds is 3. The molecule has 4 nitrogen and oxygen atoms in total. The highest BCUT2D eigenvalue weighted by molar-refractivity contribution is 9.10. The van der Waals surface area contributed by atoms with Gasteiger partial charge in [0.15, 0.2) is 0 Å². The smallest absolute Gasteiger partial charge is 0.255 e. The standard InChI is InChI=1S/C13H18BrN3O/c1-8-3-4-10(5-8)17-13(18)11-6-9(14)7-16-12(11)15-2/h6-8,10H,3-5H2,1-2H3,(H,15,16)(H,17,18). The van der Waals surface area contributed by atoms with Crippen LogP contribution >= 0.6 is 15.9 Å². The first-order valence-electron chi connectivity index (χ1n) is 6.24. The average molecular weight is 312 g/mol. The lowest BCUT2D eigenvalue weighted by molar-refractivity contribution is 0.0938. The maximum absolute atomic E-state index is 12.2. The van der Waals surface area contributed by atoms with Crippen LogP contribution in [-0.4, -0.2) is 24.0 Å². The van der Waals surface area contributed by atoms with Gasteiger partial charge in [0.1, 0.15) is 5.82 Å². The minimum atomic E-state index is -0.0488. The zero-order valence-electron chi connectivity index (χ0n) is 10.7. The molecule has 1 aliphatic carbocycles. The minimum absolute atomic E-state index is 0.0488. The number of nitrogens with one attached hydrogen (secondary N) is 2. The lowest BCUT2D eigenvalue weighted by atomic mass is 10.1. The van der Waals surface area contributed by atoms with E-state index in [-0.39, 0.29) is 5.91 Å². The summed E-state index contributed by atoms with van der Waals surface area (Å²) in [5.74, 6) is 1.27. The lowest BCUT2D eigenvalue weighted by Crippen LogP contribution is -2.33. The zero-order valence-corrected chi connectivity index (χ0v) is 12.3. The van der Waals surface area contributed by atoms with Crippen molar-refractivity contribution in [2.75, 3.05) is 12.4 Å². The van der Waals surface area contributed by atoms with Crippen LogP contribution in [-0.2, 0) is 0 Å². The number of nitrogens with zero attached hydrogens (tertiary/aromatic N) is 1. The van der Waals surface area contributed by atoms with Crippen LogP contribution in [0.3, 0.4) is 0 Å². The fraction of sp³-hybridized carbons (Fsp3) is 0.538. The zero-order chi connectivity index (χ0) is 13.1. The lowest BCUT2D eigenvalue weighted by Gasteiger charge is -2.14. The van der Waals surface area contributed by atoms with Gasteiger partial charge in [-0.2, -0.15) is 0 Å². The summed E-state index contributed by atoms with van der Waals surface area (Å²) in [5.41, 5.74) is 0.589. The summed E-state index contributed by atoms with van der Waals surface area (Å²) in [7, 11) is 1.77. The van der Waals surface area contributed by atoms with Gasteiger partial charge in [0.05, 0.1) is 5.56 Å². The minimum Gasteiger partial charge on any atom is -0.372 e. The largest absolute Gasteiger partial charge is 0.372 e. The number of halogens is 1. The molecule has 0 bridgehead atoms. The molecule has 1 aromatic rings. The number of pyridine rings is 1. The van der Waals surface area contributed by atoms with Gasteiger partial charge < -0.3 is 10.6 Å². The quantitative estimate of drug-likeness (QED) is 0.902. The first-order valence-corrected chi connectivity index (χ1v) is 7.03. The summed E-state index contributed by atoms with van der Waals surface area (Å²) in [4.78, 5) is 16.4. The number of amides is 1. The number of carbonyl (C=O) groups excluding carboxylic acids is 1. The number of anilines is 1. The van der Waals surface area contributed by atoms with Gasteiger partial charge in [0.2, 0.25) is 0 Å². The van der Waals surface area contributed by atoms with E-state index in [0.717, 1.165) is 17.3 Å². The fourth-order valence-corrected chi connectivity index (χ4v) is 2.74. The van der Waals surface area contributed by atoms with E-state index < -0.39 is 0 Å². The van der Waals surface area contributed by atoms with E-state index in [9.17, 15) is 4.79 Å². The van der Waals surface area contributed by atoms with Crippen LogP contribution in [0.2, 0.25) is 0 Å². The molecule has 1 aromatic heterocycles. The van der Waals surface area contributed by atoms with Gasteiger partial charge in [-0.05, 0) is 47.2 Å². The Bertz CT molecular complexity index is 450. The van der Waals surface area contributed by atoms with Gasteiger partial charge in [-0.3, -0.25) is 4.79 Å². The maximum atomic E-state index is 12.2. The molecule has 5 heteroatoms. The van der Waals surface area contributed by atoms with Crippen LogP contribution in [0.4, 0.5) is 5.82 Å². The topological polar surface area (TPSA) is 54.0 Å². The Labute approximate surface area is 116 Å². The monoisotopic (exact) mass is 311 g/mol. The molecule has 98 valence electrons. The number of carbonyl (C=O) groups is 1. The van der Waals surface area contributed by atoms with Gasteiger partial charge in [0, 0.05) is 23.8 Å². The summed E-state index contributed by atoms with van der Waals surface area (Å²) in [6, 6.07) is 2.10. The van der Waals surface area contributed by atoms with E-state index in [0.29, 0.717) is 23.3 Å². The second-order valence-corrected chi connectivity index (χ2v) is 5.80. The van der Waals surface area contributed by atoms with Gasteiger partial charge in [0.25, 0.3) is 5.91 Å². The van der Waals surface area contributed by atoms with E-state index in [4.69, 9.17) is 0 Å². The second kappa shape index (κ2) is 5.69. The Hall–Kier alpha value is -1.10. The van der Waals surface area contributed by atoms with E-state index in [1.165, 1.54) is 6.42 Å². The molecule has 0 aliphatic heterocycles. The molecule has 0 radical (unpaired) electrons. The Morgan fingerprint density at radius 1 is 1.50 bits per heavy atom. The van der Waals surface area contributed by atoms with Crippen LogP contribution < -0.4 is 10.6 Å². The number of hydrogen-bond acceptors (Lipinski definition) is 3. The van der Waals surface area contributed by atoms with Crippen molar-refractivity contribution in [1.29, 1.82) is 0 Å². The molecule has 1 aliphatic rings. The molecule has 2 atom stereocenters. The highest BCUT2D eigenvalue weighted by Crippen LogP contribution is 2.25. The Morgan fingerprint density at radius 2 is 2.28 bits per heavy atom. The molecule has 18 heavy (non-hydrogen) atoms. The van der Waals surface area contributed by atoms with Crippen molar-refractivity contribution >= 4 is 27.7 Å². The second-order valence-electron chi connectivity index (χ2n) is 4.89. The molecule has 1 saturated carbocycles. The van der Waals surface area contributed by atoms with Crippen LogP contribution in [0, 0.1) is 5.92 Å². The van der Waals surface area contributed by atoms with Crippen molar-refractivity contribution in [1.82, 2.24) is 10.3 Å². The van der Waals surface area contributed by atoms with Gasteiger partial charge in [-0.25, -0.2) is 4.98 Å². The summed E-state index contributed by atoms with van der Waals surface area (Å²) in [5, 5.41) is 6.03. The van der Waals surface area contributed by atoms with E-state index in [1.807, 2.05) is 0 Å². The van der Waals surface area contributed by atoms with Crippen molar-refractivity contribution in [2.45, 2.75) is 32.2 Å². The van der Waals surface area contributed by atoms with Gasteiger partial charge in [-0.1, -0.05) is 6.92 Å². The van der Waals surface area contributed by atoms with Crippen molar-refractivity contribution < 1.29 is 4.79 Å². The highest BCUT2D eigenvalue weighted by atomic mass is 79.9. The molecular formula is C13H18BrN3O. The molecule has 2 rings (SSSR count). The van der Waals surface area contributed by atoms with E-state index in [2.05, 4.69) is 38.5 Å². The Kier molecular flexibility index (Phi) is 4.22. The first-order chi connectivity index (χ1) is 8.60. The van der Waals surface area contributed by atoms with E-state index >= 15 is 0 Å². The number of aromatic nitrogens is 1. The molecule has 0 saturated heterocycles. The van der Waals surface area contributed by atoms with Gasteiger partial charge in [-0.15, -0.1) is 0 Å². The molecule has 1 fully saturated rings. The average Bonchev–Trinajstić information content (AvgIpc) is 2.74. The van der Waals surface area contributed by atoms with Crippen LogP contribution in [0.5, 0.6) is 0 Å². The van der Waals surface area contributed by atoms with Crippen molar-refractivity contribution in [3.63, 3.8) is 0 Å². The molecule has 1 heterocycles. The predicted octanol–water partition coefficient (Wildman–Crippen LogP) is 2.80. The molecule has 0 spiro atoms. The third-order valence-electron chi connectivity index (χ3n) is 3.37.